The molecule has 2 heterocycles. The van der Waals surface area contributed by atoms with Crippen molar-refractivity contribution in [3.05, 3.63) is 186 Å². The largest absolute Gasteiger partial charge is 0.309 e. The predicted octanol–water partition coefficient (Wildman–Crippen LogP) is 12.4. The van der Waals surface area contributed by atoms with Gasteiger partial charge >= 0.3 is 0 Å². The summed E-state index contributed by atoms with van der Waals surface area (Å²) in [5, 5.41) is 7.30. The molecule has 1 unspecified atom stereocenters. The number of para-hydroxylation sites is 1. The van der Waals surface area contributed by atoms with Gasteiger partial charge in [-0.15, -0.1) is 0 Å². The topological polar surface area (TPSA) is 43.6 Å². The third kappa shape index (κ3) is 4.66. The highest BCUT2D eigenvalue weighted by Gasteiger charge is 2.40. The minimum Gasteiger partial charge on any atom is -0.309 e. The van der Waals surface area contributed by atoms with E-state index in [1.165, 1.54) is 60.2 Å². The number of allylic oxidation sites excluding steroid dienone is 4. The number of hydrogen-bond donors (Lipinski definition) is 0. The molecule has 2 aliphatic rings. The van der Waals surface area contributed by atoms with Crippen LogP contribution in [0, 0.1) is 0 Å². The second-order valence-electron chi connectivity index (χ2n) is 15.2. The first kappa shape index (κ1) is 30.9. The lowest BCUT2D eigenvalue weighted by atomic mass is 9.78. The summed E-state index contributed by atoms with van der Waals surface area (Å²) in [5.74, 6) is 2.24. The average molecular weight is 693 g/mol. The molecule has 0 aliphatic heterocycles. The van der Waals surface area contributed by atoms with Crippen LogP contribution in [0.5, 0.6) is 0 Å². The van der Waals surface area contributed by atoms with E-state index in [-0.39, 0.29) is 11.3 Å². The van der Waals surface area contributed by atoms with Gasteiger partial charge in [0.25, 0.3) is 0 Å². The maximum absolute atomic E-state index is 5.25. The van der Waals surface area contributed by atoms with Crippen molar-refractivity contribution in [2.75, 3.05) is 0 Å². The van der Waals surface area contributed by atoms with Crippen molar-refractivity contribution in [2.45, 2.75) is 31.6 Å². The number of aromatic nitrogens is 4. The maximum Gasteiger partial charge on any atom is 0.163 e. The SMILES string of the molecule is CC1(C)C2=CC(c3nc(-c4ccccc4)nc(-c4ccc5c(-n6c7ccccc7c7cc8ccccc8cc76)cccc5c4)n3)CC=C2c2ccccc21. The van der Waals surface area contributed by atoms with Crippen molar-refractivity contribution in [3.63, 3.8) is 0 Å². The standard InChI is InChI=1S/C50H36N4/c1-50(2)42-20-10-8-18-38(42)39-26-24-36(29-43(39)50)49-52-47(31-13-4-3-5-14-31)51-48(53-49)35-23-25-37-34(27-35)17-12-22-44(37)54-45-21-11-9-19-40(45)41-28-32-15-6-7-16-33(32)30-46(41)54/h3-23,25-30,36H,24H2,1-2H3. The number of benzene rings is 7. The van der Waals surface area contributed by atoms with Crippen LogP contribution in [0.25, 0.3) is 77.4 Å². The zero-order chi connectivity index (χ0) is 36.0. The highest BCUT2D eigenvalue weighted by molar-refractivity contribution is 6.14. The van der Waals surface area contributed by atoms with Crippen molar-refractivity contribution < 1.29 is 0 Å². The summed E-state index contributed by atoms with van der Waals surface area (Å²) in [5.41, 5.74) is 10.9. The molecule has 9 aromatic rings. The summed E-state index contributed by atoms with van der Waals surface area (Å²) in [4.78, 5) is 15.5. The molecule has 54 heavy (non-hydrogen) atoms. The van der Waals surface area contributed by atoms with E-state index in [4.69, 9.17) is 15.0 Å². The Kier molecular flexibility index (Phi) is 6.69. The van der Waals surface area contributed by atoms with Crippen LogP contribution in [0.4, 0.5) is 0 Å². The van der Waals surface area contributed by atoms with E-state index in [0.717, 1.165) is 34.4 Å². The number of fused-ring (bicyclic) bond motifs is 8. The Morgan fingerprint density at radius 1 is 0.556 bits per heavy atom. The average Bonchev–Trinajstić information content (AvgIpc) is 3.66. The molecule has 7 aromatic carbocycles. The van der Waals surface area contributed by atoms with Gasteiger partial charge in [0.2, 0.25) is 0 Å². The van der Waals surface area contributed by atoms with Crippen LogP contribution in [0.15, 0.2) is 169 Å². The fourth-order valence-corrected chi connectivity index (χ4v) is 9.02. The second kappa shape index (κ2) is 11.7. The molecule has 0 saturated heterocycles. The molecule has 4 heteroatoms. The zero-order valence-electron chi connectivity index (χ0n) is 30.2. The maximum atomic E-state index is 5.25. The first-order chi connectivity index (χ1) is 26.5. The lowest BCUT2D eigenvalue weighted by Crippen LogP contribution is -2.18. The molecule has 11 rings (SSSR count). The van der Waals surface area contributed by atoms with Crippen LogP contribution in [0.2, 0.25) is 0 Å². The zero-order valence-corrected chi connectivity index (χ0v) is 30.2. The van der Waals surface area contributed by atoms with Crippen molar-refractivity contribution in [2.24, 2.45) is 0 Å². The molecular formula is C50H36N4. The van der Waals surface area contributed by atoms with Crippen LogP contribution < -0.4 is 0 Å². The third-order valence-corrected chi connectivity index (χ3v) is 11.7. The molecule has 256 valence electrons. The number of hydrogen-bond acceptors (Lipinski definition) is 3. The molecule has 0 spiro atoms. The molecule has 1 atom stereocenters. The second-order valence-corrected chi connectivity index (χ2v) is 15.2. The summed E-state index contributed by atoms with van der Waals surface area (Å²) in [7, 11) is 0. The molecule has 2 aromatic heterocycles. The Morgan fingerprint density at radius 2 is 1.28 bits per heavy atom. The van der Waals surface area contributed by atoms with Gasteiger partial charge in [-0.25, -0.2) is 15.0 Å². The molecule has 0 N–H and O–H groups in total. The smallest absolute Gasteiger partial charge is 0.163 e. The van der Waals surface area contributed by atoms with Gasteiger partial charge in [-0.3, -0.25) is 0 Å². The summed E-state index contributed by atoms with van der Waals surface area (Å²) >= 11 is 0. The van der Waals surface area contributed by atoms with Crippen LogP contribution >= 0.6 is 0 Å². The molecule has 0 radical (unpaired) electrons. The first-order valence-electron chi connectivity index (χ1n) is 18.8. The lowest BCUT2D eigenvalue weighted by Gasteiger charge is -2.26. The predicted molar refractivity (Wildman–Crippen MR) is 223 cm³/mol. The monoisotopic (exact) mass is 692 g/mol. The molecule has 0 bridgehead atoms. The lowest BCUT2D eigenvalue weighted by molar-refractivity contribution is 0.643. The van der Waals surface area contributed by atoms with E-state index >= 15 is 0 Å². The molecule has 0 fully saturated rings. The van der Waals surface area contributed by atoms with Crippen molar-refractivity contribution in [1.29, 1.82) is 0 Å². The Balaban J connectivity index is 1.06. The van der Waals surface area contributed by atoms with Gasteiger partial charge in [0.1, 0.15) is 5.82 Å². The Labute approximate surface area is 313 Å². The van der Waals surface area contributed by atoms with Gasteiger partial charge in [-0.2, -0.15) is 0 Å². The van der Waals surface area contributed by atoms with Crippen molar-refractivity contribution in [1.82, 2.24) is 19.5 Å². The van der Waals surface area contributed by atoms with Gasteiger partial charge in [-0.1, -0.05) is 147 Å². The van der Waals surface area contributed by atoms with E-state index in [9.17, 15) is 0 Å². The van der Waals surface area contributed by atoms with Crippen LogP contribution in [0.1, 0.15) is 43.1 Å². The molecule has 4 nitrogen and oxygen atoms in total. The summed E-state index contributed by atoms with van der Waals surface area (Å²) in [6.45, 7) is 4.67. The Morgan fingerprint density at radius 3 is 2.15 bits per heavy atom. The van der Waals surface area contributed by atoms with E-state index in [0.29, 0.717) is 11.6 Å². The van der Waals surface area contributed by atoms with E-state index in [2.05, 4.69) is 164 Å². The highest BCUT2D eigenvalue weighted by atomic mass is 15.0. The van der Waals surface area contributed by atoms with Gasteiger partial charge in [0.05, 0.1) is 16.7 Å². The van der Waals surface area contributed by atoms with E-state index in [1.807, 2.05) is 18.2 Å². The fraction of sp³-hybridized carbons (Fsp3) is 0.100. The van der Waals surface area contributed by atoms with Crippen LogP contribution in [-0.2, 0) is 5.41 Å². The normalized spacial score (nSPS) is 16.1. The minimum absolute atomic E-state index is 0.0417. The van der Waals surface area contributed by atoms with Crippen molar-refractivity contribution in [3.8, 4) is 28.5 Å². The number of rotatable bonds is 4. The quantitative estimate of drug-likeness (QED) is 0.184. The number of nitrogens with zero attached hydrogens (tertiary/aromatic N) is 4. The first-order valence-corrected chi connectivity index (χ1v) is 18.8. The molecular weight excluding hydrogens is 657 g/mol. The van der Waals surface area contributed by atoms with Gasteiger partial charge in [-0.05, 0) is 75.2 Å². The molecule has 2 aliphatic carbocycles. The fourth-order valence-electron chi connectivity index (χ4n) is 9.02. The Bertz CT molecular complexity index is 3050. The summed E-state index contributed by atoms with van der Waals surface area (Å²) < 4.78 is 2.43. The molecule has 0 saturated carbocycles. The van der Waals surface area contributed by atoms with Gasteiger partial charge in [0, 0.05) is 38.6 Å². The van der Waals surface area contributed by atoms with E-state index in [1.54, 1.807) is 0 Å². The third-order valence-electron chi connectivity index (χ3n) is 11.7. The van der Waals surface area contributed by atoms with Crippen LogP contribution in [0.3, 0.4) is 0 Å². The summed E-state index contributed by atoms with van der Waals surface area (Å²) in [6.07, 6.45) is 5.66. The van der Waals surface area contributed by atoms with E-state index < -0.39 is 0 Å². The van der Waals surface area contributed by atoms with Gasteiger partial charge < -0.3 is 4.57 Å². The van der Waals surface area contributed by atoms with Crippen LogP contribution in [-0.4, -0.2) is 19.5 Å². The molecule has 0 amide bonds. The van der Waals surface area contributed by atoms with Crippen molar-refractivity contribution >= 4 is 48.9 Å². The highest BCUT2D eigenvalue weighted by Crippen LogP contribution is 2.52. The Hall–Kier alpha value is -6.65. The van der Waals surface area contributed by atoms with Gasteiger partial charge in [0.15, 0.2) is 11.6 Å². The minimum atomic E-state index is -0.0846. The summed E-state index contributed by atoms with van der Waals surface area (Å²) in [6, 6.07) is 54.4.